The molecule has 0 fully saturated rings. The van der Waals surface area contributed by atoms with Crippen LogP contribution < -0.4 is 0 Å². The Morgan fingerprint density at radius 1 is 1.36 bits per heavy atom. The van der Waals surface area contributed by atoms with E-state index >= 15 is 0 Å². The predicted octanol–water partition coefficient (Wildman–Crippen LogP) is 0.145. The zero-order chi connectivity index (χ0) is 8.69. The van der Waals surface area contributed by atoms with E-state index in [0.29, 0.717) is 17.6 Å². The first kappa shape index (κ1) is 9.58. The monoisotopic (exact) mass is 155 g/mol. The van der Waals surface area contributed by atoms with Gasteiger partial charge in [-0.25, -0.2) is 0 Å². The minimum absolute atomic E-state index is 0.0862. The fourth-order valence-corrected chi connectivity index (χ4v) is 0.423. The molecule has 0 saturated carbocycles. The van der Waals surface area contributed by atoms with Crippen LogP contribution >= 0.6 is 0 Å². The quantitative estimate of drug-likeness (QED) is 0.271. The normalized spacial score (nSPS) is 11.6. The molecule has 0 bridgehead atoms. The number of hydrogen-bond acceptors (Lipinski definition) is 4. The Morgan fingerprint density at radius 3 is 2.36 bits per heavy atom. The lowest BCUT2D eigenvalue weighted by Gasteiger charge is -2.06. The molecule has 60 valence electrons. The van der Waals surface area contributed by atoms with Crippen molar-refractivity contribution in [2.45, 2.75) is 0 Å². The van der Waals surface area contributed by atoms with E-state index in [1.807, 2.05) is 0 Å². The van der Waals surface area contributed by atoms with Crippen molar-refractivity contribution < 1.29 is 14.8 Å². The smallest absolute Gasteiger partial charge is 0.168 e. The third kappa shape index (κ3) is 4.05. The Bertz CT molecular complexity index is 194. The maximum atomic E-state index is 10.1. The molecule has 4 heteroatoms. The van der Waals surface area contributed by atoms with E-state index in [9.17, 15) is 9.59 Å². The van der Waals surface area contributed by atoms with Gasteiger partial charge >= 0.3 is 0 Å². The molecule has 0 unspecified atom stereocenters. The number of carbonyl (C=O) groups is 2. The first-order valence-electron chi connectivity index (χ1n) is 2.92. The molecule has 0 aliphatic heterocycles. The Morgan fingerprint density at radius 2 is 2.00 bits per heavy atom. The highest BCUT2D eigenvalue weighted by molar-refractivity contribution is 5.73. The van der Waals surface area contributed by atoms with Gasteiger partial charge in [0.15, 0.2) is 6.29 Å². The maximum absolute atomic E-state index is 10.1. The first-order chi connectivity index (χ1) is 5.22. The van der Waals surface area contributed by atoms with Gasteiger partial charge in [0.2, 0.25) is 0 Å². The number of likely N-dealkylation sites (N-methyl/N-ethyl adjacent to an activating group) is 1. The SMILES string of the molecule is CN(O)/C(C=O)=C\C=C/C=O. The Kier molecular flexibility index (Phi) is 4.68. The van der Waals surface area contributed by atoms with Crippen molar-refractivity contribution in [2.75, 3.05) is 7.05 Å². The summed E-state index contributed by atoms with van der Waals surface area (Å²) in [6.07, 6.45) is 4.96. The molecule has 0 spiro atoms. The molecule has 0 rings (SSSR count). The molecule has 4 nitrogen and oxygen atoms in total. The average Bonchev–Trinajstić information content (AvgIpc) is 1.97. The van der Waals surface area contributed by atoms with E-state index in [1.165, 1.54) is 25.3 Å². The molecule has 0 aromatic heterocycles. The molecule has 0 saturated heterocycles. The van der Waals surface area contributed by atoms with Crippen LogP contribution in [0.4, 0.5) is 0 Å². The van der Waals surface area contributed by atoms with Crippen molar-refractivity contribution in [2.24, 2.45) is 0 Å². The van der Waals surface area contributed by atoms with E-state index < -0.39 is 0 Å². The number of aldehydes is 2. The van der Waals surface area contributed by atoms with Crippen molar-refractivity contribution >= 4 is 12.6 Å². The number of hydrogen-bond donors (Lipinski definition) is 1. The van der Waals surface area contributed by atoms with Crippen molar-refractivity contribution in [1.82, 2.24) is 5.06 Å². The topological polar surface area (TPSA) is 57.6 Å². The number of hydroxylamine groups is 2. The van der Waals surface area contributed by atoms with Crippen LogP contribution in [0.15, 0.2) is 23.9 Å². The largest absolute Gasteiger partial charge is 0.299 e. The molecule has 0 amide bonds. The third-order valence-corrected chi connectivity index (χ3v) is 0.951. The third-order valence-electron chi connectivity index (χ3n) is 0.951. The first-order valence-corrected chi connectivity index (χ1v) is 2.92. The van der Waals surface area contributed by atoms with Crippen LogP contribution in [0, 0.1) is 0 Å². The standard InChI is InChI=1S/C7H9NO3/c1-8(11)7(6-10)4-2-3-5-9/h2-6,11H,1H3/b3-2-,7-4-. The molecule has 0 aromatic carbocycles. The summed E-state index contributed by atoms with van der Waals surface area (Å²) >= 11 is 0. The molecular weight excluding hydrogens is 146 g/mol. The van der Waals surface area contributed by atoms with E-state index in [2.05, 4.69) is 0 Å². The van der Waals surface area contributed by atoms with Gasteiger partial charge in [-0.05, 0) is 12.2 Å². The summed E-state index contributed by atoms with van der Waals surface area (Å²) in [5, 5.41) is 9.39. The summed E-state index contributed by atoms with van der Waals surface area (Å²) in [6.45, 7) is 0. The number of allylic oxidation sites excluding steroid dienone is 4. The maximum Gasteiger partial charge on any atom is 0.168 e. The summed E-state index contributed by atoms with van der Waals surface area (Å²) < 4.78 is 0. The molecule has 0 aliphatic carbocycles. The minimum Gasteiger partial charge on any atom is -0.299 e. The summed E-state index contributed by atoms with van der Waals surface area (Å²) in [5.74, 6) is 0. The van der Waals surface area contributed by atoms with Gasteiger partial charge in [-0.1, -0.05) is 6.08 Å². The lowest BCUT2D eigenvalue weighted by Crippen LogP contribution is -2.12. The lowest BCUT2D eigenvalue weighted by molar-refractivity contribution is -0.111. The van der Waals surface area contributed by atoms with Crippen LogP contribution in [0.1, 0.15) is 0 Å². The molecule has 11 heavy (non-hydrogen) atoms. The number of nitrogens with zero attached hydrogens (tertiary/aromatic N) is 1. The van der Waals surface area contributed by atoms with Gasteiger partial charge in [-0.3, -0.25) is 19.9 Å². The minimum atomic E-state index is 0.0862. The second kappa shape index (κ2) is 5.37. The van der Waals surface area contributed by atoms with Crippen molar-refractivity contribution in [3.8, 4) is 0 Å². The zero-order valence-electron chi connectivity index (χ0n) is 6.10. The molecule has 1 N–H and O–H groups in total. The van der Waals surface area contributed by atoms with Crippen LogP contribution in [0.25, 0.3) is 0 Å². The fourth-order valence-electron chi connectivity index (χ4n) is 0.423. The van der Waals surface area contributed by atoms with E-state index in [0.717, 1.165) is 0 Å². The van der Waals surface area contributed by atoms with Gasteiger partial charge in [0.05, 0.1) is 0 Å². The Hall–Kier alpha value is -1.42. The molecule has 0 aromatic rings. The summed E-state index contributed by atoms with van der Waals surface area (Å²) in [7, 11) is 1.31. The summed E-state index contributed by atoms with van der Waals surface area (Å²) in [6, 6.07) is 0. The van der Waals surface area contributed by atoms with E-state index in [-0.39, 0.29) is 5.70 Å². The Balaban J connectivity index is 4.23. The highest BCUT2D eigenvalue weighted by atomic mass is 16.5. The van der Waals surface area contributed by atoms with Gasteiger partial charge in [-0.2, -0.15) is 0 Å². The van der Waals surface area contributed by atoms with Crippen LogP contribution in [-0.2, 0) is 9.59 Å². The van der Waals surface area contributed by atoms with Gasteiger partial charge < -0.3 is 0 Å². The average molecular weight is 155 g/mol. The highest BCUT2D eigenvalue weighted by Crippen LogP contribution is 1.92. The number of rotatable bonds is 4. The van der Waals surface area contributed by atoms with Crippen LogP contribution in [0.5, 0.6) is 0 Å². The second-order valence-corrected chi connectivity index (χ2v) is 1.75. The molecule has 0 aliphatic rings. The predicted molar refractivity (Wildman–Crippen MR) is 38.9 cm³/mol. The fraction of sp³-hybridized carbons (Fsp3) is 0.143. The van der Waals surface area contributed by atoms with Crippen LogP contribution in [0.3, 0.4) is 0 Å². The van der Waals surface area contributed by atoms with Crippen LogP contribution in [-0.4, -0.2) is 29.9 Å². The van der Waals surface area contributed by atoms with Gasteiger partial charge in [0, 0.05) is 7.05 Å². The summed E-state index contributed by atoms with van der Waals surface area (Å²) in [5.41, 5.74) is 0.0862. The van der Waals surface area contributed by atoms with Crippen molar-refractivity contribution in [3.63, 3.8) is 0 Å². The van der Waals surface area contributed by atoms with Gasteiger partial charge in [0.25, 0.3) is 0 Å². The zero-order valence-corrected chi connectivity index (χ0v) is 6.10. The van der Waals surface area contributed by atoms with Gasteiger partial charge in [0.1, 0.15) is 12.0 Å². The molecule has 0 atom stereocenters. The van der Waals surface area contributed by atoms with Crippen molar-refractivity contribution in [1.29, 1.82) is 0 Å². The lowest BCUT2D eigenvalue weighted by atomic mass is 10.4. The Labute approximate surface area is 64.4 Å². The molecular formula is C7H9NO3. The van der Waals surface area contributed by atoms with Gasteiger partial charge in [-0.15, -0.1) is 0 Å². The molecule has 0 heterocycles. The number of carbonyl (C=O) groups excluding carboxylic acids is 2. The van der Waals surface area contributed by atoms with Crippen molar-refractivity contribution in [3.05, 3.63) is 23.9 Å². The highest BCUT2D eigenvalue weighted by Gasteiger charge is 1.94. The van der Waals surface area contributed by atoms with E-state index in [4.69, 9.17) is 5.21 Å². The molecule has 0 radical (unpaired) electrons. The second-order valence-electron chi connectivity index (χ2n) is 1.75. The van der Waals surface area contributed by atoms with E-state index in [1.54, 1.807) is 0 Å². The van der Waals surface area contributed by atoms with Crippen LogP contribution in [0.2, 0.25) is 0 Å². The summed E-state index contributed by atoms with van der Waals surface area (Å²) in [4.78, 5) is 19.9.